The van der Waals surface area contributed by atoms with Gasteiger partial charge in [0.1, 0.15) is 11.5 Å². The molecule has 0 atom stereocenters. The average Bonchev–Trinajstić information content (AvgIpc) is 3.15. The molecule has 6 nitrogen and oxygen atoms in total. The molecule has 1 aromatic carbocycles. The maximum atomic E-state index is 11.9. The molecule has 0 fully saturated rings. The van der Waals surface area contributed by atoms with Gasteiger partial charge in [0.05, 0.1) is 13.2 Å². The molecule has 0 bridgehead atoms. The number of aryl methyl sites for hydroxylation is 2. The molecule has 3 aromatic rings. The highest BCUT2D eigenvalue weighted by molar-refractivity contribution is 5.85. The van der Waals surface area contributed by atoms with Crippen LogP contribution in [-0.4, -0.2) is 27.1 Å². The fraction of sp³-hybridized carbons (Fsp3) is 0.278. The quantitative estimate of drug-likeness (QED) is 0.673. The minimum atomic E-state index is -0.442. The third-order valence-corrected chi connectivity index (χ3v) is 3.65. The van der Waals surface area contributed by atoms with Crippen LogP contribution in [0.2, 0.25) is 0 Å². The third kappa shape index (κ3) is 3.22. The van der Waals surface area contributed by atoms with E-state index in [2.05, 4.69) is 9.97 Å². The van der Waals surface area contributed by atoms with E-state index in [1.807, 2.05) is 38.1 Å². The number of carbonyl (C=O) groups is 1. The van der Waals surface area contributed by atoms with E-state index in [4.69, 9.17) is 9.15 Å². The van der Waals surface area contributed by atoms with Gasteiger partial charge < -0.3 is 13.7 Å². The van der Waals surface area contributed by atoms with E-state index in [0.717, 1.165) is 22.6 Å². The van der Waals surface area contributed by atoms with Gasteiger partial charge in [0, 0.05) is 18.0 Å². The van der Waals surface area contributed by atoms with Crippen LogP contribution < -0.4 is 0 Å². The number of carbonyl (C=O) groups excluding carboxylic acids is 1. The van der Waals surface area contributed by atoms with E-state index in [0.29, 0.717) is 19.0 Å². The summed E-state index contributed by atoms with van der Waals surface area (Å²) in [7, 11) is 0. The molecule has 0 saturated heterocycles. The number of oxazole rings is 1. The molecule has 0 aliphatic heterocycles. The maximum absolute atomic E-state index is 11.9. The van der Waals surface area contributed by atoms with Crippen molar-refractivity contribution >= 4 is 5.97 Å². The van der Waals surface area contributed by atoms with Gasteiger partial charge in [0.25, 0.3) is 0 Å². The van der Waals surface area contributed by atoms with Crippen molar-refractivity contribution < 1.29 is 13.9 Å². The lowest BCUT2D eigenvalue weighted by Gasteiger charge is -2.05. The maximum Gasteiger partial charge on any atom is 0.374 e. The molecule has 2 aromatic heterocycles. The topological polar surface area (TPSA) is 70.2 Å². The van der Waals surface area contributed by atoms with Crippen LogP contribution in [0.15, 0.2) is 41.1 Å². The predicted molar refractivity (Wildman–Crippen MR) is 88.7 cm³/mol. The van der Waals surface area contributed by atoms with Gasteiger partial charge in [-0.1, -0.05) is 17.7 Å². The van der Waals surface area contributed by atoms with Gasteiger partial charge in [-0.15, -0.1) is 0 Å². The van der Waals surface area contributed by atoms with E-state index in [9.17, 15) is 4.79 Å². The SMILES string of the molecule is CCOC(=O)c1nccn1Cc1nc(-c2cccc(C)c2)oc1C. The van der Waals surface area contributed by atoms with Gasteiger partial charge in [-0.05, 0) is 32.9 Å². The number of esters is 1. The fourth-order valence-electron chi connectivity index (χ4n) is 2.46. The lowest BCUT2D eigenvalue weighted by atomic mass is 10.1. The van der Waals surface area contributed by atoms with Crippen molar-refractivity contribution in [3.05, 3.63) is 59.5 Å². The van der Waals surface area contributed by atoms with Crippen LogP contribution in [0.5, 0.6) is 0 Å². The summed E-state index contributed by atoms with van der Waals surface area (Å²) >= 11 is 0. The summed E-state index contributed by atoms with van der Waals surface area (Å²) in [4.78, 5) is 20.6. The molecule has 24 heavy (non-hydrogen) atoms. The zero-order valence-corrected chi connectivity index (χ0v) is 13.9. The molecule has 6 heteroatoms. The van der Waals surface area contributed by atoms with Gasteiger partial charge in [0.15, 0.2) is 0 Å². The van der Waals surface area contributed by atoms with Crippen LogP contribution in [0.25, 0.3) is 11.5 Å². The highest BCUT2D eigenvalue weighted by atomic mass is 16.5. The fourth-order valence-corrected chi connectivity index (χ4v) is 2.46. The van der Waals surface area contributed by atoms with Crippen LogP contribution in [0.3, 0.4) is 0 Å². The molecule has 0 amide bonds. The second kappa shape index (κ2) is 6.70. The molecular formula is C18H19N3O3. The van der Waals surface area contributed by atoms with Crippen LogP contribution in [-0.2, 0) is 11.3 Å². The summed E-state index contributed by atoms with van der Waals surface area (Å²) in [5.41, 5.74) is 2.83. The molecule has 0 aliphatic rings. The molecule has 2 heterocycles. The molecule has 0 unspecified atom stereocenters. The van der Waals surface area contributed by atoms with Gasteiger partial charge in [-0.25, -0.2) is 14.8 Å². The number of nitrogens with zero attached hydrogens (tertiary/aromatic N) is 3. The first-order valence-electron chi connectivity index (χ1n) is 7.80. The number of imidazole rings is 1. The van der Waals surface area contributed by atoms with E-state index >= 15 is 0 Å². The number of rotatable bonds is 5. The van der Waals surface area contributed by atoms with Crippen LogP contribution in [0, 0.1) is 13.8 Å². The zero-order chi connectivity index (χ0) is 17.1. The molecule has 0 spiro atoms. The Morgan fingerprint density at radius 1 is 1.33 bits per heavy atom. The molecule has 0 saturated carbocycles. The smallest absolute Gasteiger partial charge is 0.374 e. The number of hydrogen-bond donors (Lipinski definition) is 0. The number of hydrogen-bond acceptors (Lipinski definition) is 5. The second-order valence-electron chi connectivity index (χ2n) is 5.49. The van der Waals surface area contributed by atoms with Crippen LogP contribution in [0.1, 0.15) is 34.6 Å². The highest BCUT2D eigenvalue weighted by Gasteiger charge is 2.17. The molecule has 3 rings (SSSR count). The van der Waals surface area contributed by atoms with Gasteiger partial charge in [-0.3, -0.25) is 0 Å². The zero-order valence-electron chi connectivity index (χ0n) is 13.9. The minimum absolute atomic E-state index is 0.261. The lowest BCUT2D eigenvalue weighted by molar-refractivity contribution is 0.0507. The Balaban J connectivity index is 1.87. The number of aromatic nitrogens is 3. The largest absolute Gasteiger partial charge is 0.460 e. The number of ether oxygens (including phenoxy) is 1. The standard InChI is InChI=1S/C18H19N3O3/c1-4-23-18(22)16-19-8-9-21(16)11-15-13(3)24-17(20-15)14-7-5-6-12(2)10-14/h5-10H,4,11H2,1-3H3. The van der Waals surface area contributed by atoms with E-state index in [1.54, 1.807) is 23.9 Å². The van der Waals surface area contributed by atoms with Crippen molar-refractivity contribution in [2.75, 3.05) is 6.61 Å². The van der Waals surface area contributed by atoms with Crippen molar-refractivity contribution in [3.8, 4) is 11.5 Å². The van der Waals surface area contributed by atoms with Crippen molar-refractivity contribution in [3.63, 3.8) is 0 Å². The van der Waals surface area contributed by atoms with E-state index < -0.39 is 5.97 Å². The van der Waals surface area contributed by atoms with Gasteiger partial charge in [-0.2, -0.15) is 0 Å². The summed E-state index contributed by atoms with van der Waals surface area (Å²) in [5.74, 6) is 1.11. The molecule has 0 radical (unpaired) electrons. The Hall–Kier alpha value is -2.89. The predicted octanol–water partition coefficient (Wildman–Crippen LogP) is 3.38. The molecule has 0 N–H and O–H groups in total. The Morgan fingerprint density at radius 3 is 2.92 bits per heavy atom. The van der Waals surface area contributed by atoms with Gasteiger partial charge in [0.2, 0.25) is 11.7 Å². The Morgan fingerprint density at radius 2 is 2.17 bits per heavy atom. The highest BCUT2D eigenvalue weighted by Crippen LogP contribution is 2.23. The summed E-state index contributed by atoms with van der Waals surface area (Å²) < 4.78 is 12.5. The van der Waals surface area contributed by atoms with Crippen LogP contribution in [0.4, 0.5) is 0 Å². The van der Waals surface area contributed by atoms with E-state index in [-0.39, 0.29) is 5.82 Å². The van der Waals surface area contributed by atoms with Crippen molar-refractivity contribution in [1.29, 1.82) is 0 Å². The first-order valence-corrected chi connectivity index (χ1v) is 7.80. The molecule has 124 valence electrons. The Bertz CT molecular complexity index is 864. The van der Waals surface area contributed by atoms with E-state index in [1.165, 1.54) is 0 Å². The summed E-state index contributed by atoms with van der Waals surface area (Å²) in [6.45, 7) is 6.36. The second-order valence-corrected chi connectivity index (χ2v) is 5.49. The summed E-state index contributed by atoms with van der Waals surface area (Å²) in [6.07, 6.45) is 3.30. The Labute approximate surface area is 140 Å². The van der Waals surface area contributed by atoms with Gasteiger partial charge >= 0.3 is 5.97 Å². The monoisotopic (exact) mass is 325 g/mol. The molecular weight excluding hydrogens is 306 g/mol. The average molecular weight is 325 g/mol. The normalized spacial score (nSPS) is 10.8. The summed E-state index contributed by atoms with van der Waals surface area (Å²) in [6, 6.07) is 7.98. The van der Waals surface area contributed by atoms with Crippen molar-refractivity contribution in [2.45, 2.75) is 27.3 Å². The van der Waals surface area contributed by atoms with Crippen LogP contribution >= 0.6 is 0 Å². The third-order valence-electron chi connectivity index (χ3n) is 3.65. The van der Waals surface area contributed by atoms with Crippen molar-refractivity contribution in [2.24, 2.45) is 0 Å². The van der Waals surface area contributed by atoms with Crippen molar-refractivity contribution in [1.82, 2.24) is 14.5 Å². The first kappa shape index (κ1) is 16.0. The number of benzene rings is 1. The Kier molecular flexibility index (Phi) is 4.46. The summed E-state index contributed by atoms with van der Waals surface area (Å²) in [5, 5.41) is 0. The minimum Gasteiger partial charge on any atom is -0.460 e. The molecule has 0 aliphatic carbocycles. The first-order chi connectivity index (χ1) is 11.6. The lowest BCUT2D eigenvalue weighted by Crippen LogP contribution is -2.14.